The minimum Gasteiger partial charge on any atom is -0.497 e. The summed E-state index contributed by atoms with van der Waals surface area (Å²) in [5, 5.41) is 5.61. The van der Waals surface area contributed by atoms with E-state index in [1.54, 1.807) is 20.3 Å². The molecule has 0 aliphatic carbocycles. The van der Waals surface area contributed by atoms with Gasteiger partial charge in [0.15, 0.2) is 5.84 Å². The van der Waals surface area contributed by atoms with Crippen LogP contribution in [0.5, 0.6) is 11.5 Å². The molecule has 4 heterocycles. The molecule has 0 saturated carbocycles. The first-order chi connectivity index (χ1) is 15.0. The lowest BCUT2D eigenvalue weighted by molar-refractivity contribution is -0.198. The molecule has 4 aliphatic heterocycles. The van der Waals surface area contributed by atoms with Gasteiger partial charge in [-0.2, -0.15) is 0 Å². The largest absolute Gasteiger partial charge is 0.497 e. The topological polar surface area (TPSA) is 46.5 Å². The Morgan fingerprint density at radius 1 is 1.06 bits per heavy atom. The molecule has 0 radical (unpaired) electrons. The molecule has 31 heavy (non-hydrogen) atoms. The van der Waals surface area contributed by atoms with Crippen LogP contribution in [-0.4, -0.2) is 55.2 Å². The number of hydrogen-bond acceptors (Lipinski definition) is 6. The summed E-state index contributed by atoms with van der Waals surface area (Å²) in [4.78, 5) is 11.0. The predicted octanol–water partition coefficient (Wildman–Crippen LogP) is 4.63. The number of methoxy groups -OCH3 is 2. The first kappa shape index (κ1) is 20.7. The molecular weight excluding hydrogens is 437 g/mol. The van der Waals surface area contributed by atoms with E-state index in [2.05, 4.69) is 15.0 Å². The molecule has 1 unspecified atom stereocenters. The Balaban J connectivity index is 1.56. The zero-order valence-electron chi connectivity index (χ0n) is 17.6. The van der Waals surface area contributed by atoms with Crippen molar-refractivity contribution in [3.05, 3.63) is 57.6 Å². The summed E-state index contributed by atoms with van der Waals surface area (Å²) in [6.07, 6.45) is 2.20. The highest BCUT2D eigenvalue weighted by molar-refractivity contribution is 6.42. The van der Waals surface area contributed by atoms with E-state index in [1.807, 2.05) is 30.3 Å². The van der Waals surface area contributed by atoms with Crippen molar-refractivity contribution in [3.8, 4) is 11.5 Å². The molecule has 1 atom stereocenters. The molecule has 2 bridgehead atoms. The van der Waals surface area contributed by atoms with Crippen molar-refractivity contribution >= 4 is 29.0 Å². The Morgan fingerprint density at radius 2 is 1.87 bits per heavy atom. The van der Waals surface area contributed by atoms with Crippen molar-refractivity contribution in [3.63, 3.8) is 0 Å². The van der Waals surface area contributed by atoms with Crippen LogP contribution in [-0.2, 0) is 11.4 Å². The zero-order valence-corrected chi connectivity index (χ0v) is 19.1. The third-order valence-electron chi connectivity index (χ3n) is 6.68. The van der Waals surface area contributed by atoms with Crippen LogP contribution in [0.25, 0.3) is 0 Å². The summed E-state index contributed by atoms with van der Waals surface area (Å²) < 4.78 is 11.0. The Labute approximate surface area is 192 Å². The number of hydrogen-bond donors (Lipinski definition) is 0. The van der Waals surface area contributed by atoms with Gasteiger partial charge in [0, 0.05) is 23.1 Å². The Hall–Kier alpha value is -2.15. The second kappa shape index (κ2) is 8.08. The van der Waals surface area contributed by atoms with Crippen molar-refractivity contribution in [2.24, 2.45) is 11.1 Å². The van der Waals surface area contributed by atoms with Gasteiger partial charge in [-0.05, 0) is 56.3 Å². The number of nitrogens with zero attached hydrogens (tertiary/aromatic N) is 3. The fraction of sp³-hybridized carbons (Fsp3) is 0.435. The van der Waals surface area contributed by atoms with Crippen molar-refractivity contribution in [2.45, 2.75) is 25.1 Å². The van der Waals surface area contributed by atoms with Gasteiger partial charge in [0.1, 0.15) is 11.5 Å². The molecule has 0 amide bonds. The van der Waals surface area contributed by atoms with Gasteiger partial charge in [0.25, 0.3) is 0 Å². The van der Waals surface area contributed by atoms with Crippen LogP contribution in [0.2, 0.25) is 10.0 Å². The molecule has 2 aromatic rings. The average molecular weight is 462 g/mol. The Morgan fingerprint density at radius 3 is 2.52 bits per heavy atom. The second-order valence-corrected chi connectivity index (χ2v) is 9.11. The number of benzene rings is 2. The maximum absolute atomic E-state index is 6.33. The van der Waals surface area contributed by atoms with Crippen molar-refractivity contribution in [2.75, 3.05) is 33.9 Å². The molecule has 2 aromatic carbocycles. The second-order valence-electron chi connectivity index (χ2n) is 8.29. The van der Waals surface area contributed by atoms with Crippen LogP contribution in [0.4, 0.5) is 0 Å². The molecule has 164 valence electrons. The molecular formula is C23H25Cl2N3O3. The van der Waals surface area contributed by atoms with Crippen molar-refractivity contribution in [1.82, 2.24) is 9.80 Å². The van der Waals surface area contributed by atoms with Gasteiger partial charge in [0.2, 0.25) is 5.72 Å². The number of halogens is 2. The first-order valence-electron chi connectivity index (χ1n) is 10.5. The fourth-order valence-electron chi connectivity index (χ4n) is 5.01. The minimum absolute atomic E-state index is 0.408. The number of amidine groups is 1. The van der Waals surface area contributed by atoms with Crippen LogP contribution < -0.4 is 9.47 Å². The Kier molecular flexibility index (Phi) is 5.40. The van der Waals surface area contributed by atoms with Crippen LogP contribution in [0, 0.1) is 5.92 Å². The number of piperidine rings is 3. The molecule has 8 heteroatoms. The maximum atomic E-state index is 6.33. The smallest absolute Gasteiger partial charge is 0.227 e. The number of rotatable bonds is 5. The third-order valence-corrected chi connectivity index (χ3v) is 7.42. The van der Waals surface area contributed by atoms with Gasteiger partial charge in [-0.25, -0.2) is 0 Å². The van der Waals surface area contributed by atoms with Gasteiger partial charge in [-0.1, -0.05) is 28.4 Å². The normalized spacial score (nSPS) is 26.7. The molecule has 1 spiro atoms. The van der Waals surface area contributed by atoms with Crippen LogP contribution in [0.1, 0.15) is 24.0 Å². The van der Waals surface area contributed by atoms with Gasteiger partial charge < -0.3 is 19.2 Å². The summed E-state index contributed by atoms with van der Waals surface area (Å²) in [6.45, 7) is 3.64. The zero-order chi connectivity index (χ0) is 21.6. The monoisotopic (exact) mass is 461 g/mol. The Bertz CT molecular complexity index is 1020. The van der Waals surface area contributed by atoms with E-state index in [-0.39, 0.29) is 0 Å². The number of ether oxygens (including phenoxy) is 2. The lowest BCUT2D eigenvalue weighted by Crippen LogP contribution is -2.66. The summed E-state index contributed by atoms with van der Waals surface area (Å²) in [5.41, 5.74) is 1.43. The SMILES string of the molecule is COc1ccc(CN2C(c3ccc(Cl)c(Cl)c3)=NOC23CN2CCC3CC2)c(OC)c1. The van der Waals surface area contributed by atoms with Gasteiger partial charge in [0.05, 0.1) is 37.4 Å². The van der Waals surface area contributed by atoms with Crippen LogP contribution in [0.15, 0.2) is 41.6 Å². The molecule has 3 saturated heterocycles. The van der Waals surface area contributed by atoms with E-state index in [0.29, 0.717) is 22.5 Å². The first-order valence-corrected chi connectivity index (χ1v) is 11.2. The van der Waals surface area contributed by atoms with E-state index in [1.165, 1.54) is 0 Å². The lowest BCUT2D eigenvalue weighted by atomic mass is 9.79. The highest BCUT2D eigenvalue weighted by Crippen LogP contribution is 2.46. The minimum atomic E-state index is -0.497. The van der Waals surface area contributed by atoms with Crippen molar-refractivity contribution < 1.29 is 14.3 Å². The third kappa shape index (κ3) is 3.51. The van der Waals surface area contributed by atoms with E-state index in [0.717, 1.165) is 60.9 Å². The lowest BCUT2D eigenvalue weighted by Gasteiger charge is -2.53. The van der Waals surface area contributed by atoms with E-state index < -0.39 is 5.72 Å². The summed E-state index contributed by atoms with van der Waals surface area (Å²) in [7, 11) is 3.33. The summed E-state index contributed by atoms with van der Waals surface area (Å²) in [5.74, 6) is 2.71. The van der Waals surface area contributed by atoms with Gasteiger partial charge in [-0.3, -0.25) is 4.90 Å². The molecule has 0 N–H and O–H groups in total. The average Bonchev–Trinajstić information content (AvgIpc) is 3.14. The predicted molar refractivity (Wildman–Crippen MR) is 121 cm³/mol. The van der Waals surface area contributed by atoms with E-state index >= 15 is 0 Å². The number of oxime groups is 1. The molecule has 4 aliphatic rings. The molecule has 6 nitrogen and oxygen atoms in total. The van der Waals surface area contributed by atoms with Crippen LogP contribution in [0.3, 0.4) is 0 Å². The van der Waals surface area contributed by atoms with Crippen LogP contribution >= 0.6 is 23.2 Å². The number of fused-ring (bicyclic) bond motifs is 2. The molecule has 3 fully saturated rings. The van der Waals surface area contributed by atoms with Crippen molar-refractivity contribution in [1.29, 1.82) is 0 Å². The fourth-order valence-corrected chi connectivity index (χ4v) is 5.30. The van der Waals surface area contributed by atoms with E-state index in [9.17, 15) is 0 Å². The highest BCUT2D eigenvalue weighted by Gasteiger charge is 2.57. The quantitative estimate of drug-likeness (QED) is 0.649. The highest BCUT2D eigenvalue weighted by atomic mass is 35.5. The summed E-state index contributed by atoms with van der Waals surface area (Å²) in [6, 6.07) is 11.5. The molecule has 0 aromatic heterocycles. The summed E-state index contributed by atoms with van der Waals surface area (Å²) >= 11 is 12.5. The van der Waals surface area contributed by atoms with Gasteiger partial charge >= 0.3 is 0 Å². The van der Waals surface area contributed by atoms with E-state index in [4.69, 9.17) is 37.5 Å². The van der Waals surface area contributed by atoms with Gasteiger partial charge in [-0.15, -0.1) is 0 Å². The molecule has 6 rings (SSSR count). The standard InChI is InChI=1S/C23H25Cl2N3O3/c1-29-18-5-3-16(21(12-18)30-2)13-28-22(15-4-6-19(24)20(25)11-15)26-31-23(28)14-27-9-7-17(23)8-10-27/h3-6,11-12,17H,7-10,13-14H2,1-2H3. The maximum Gasteiger partial charge on any atom is 0.227 e.